The molecule has 0 radical (unpaired) electrons. The lowest BCUT2D eigenvalue weighted by Gasteiger charge is -2.25. The van der Waals surface area contributed by atoms with Crippen molar-refractivity contribution in [2.45, 2.75) is 25.0 Å². The van der Waals surface area contributed by atoms with Crippen LogP contribution in [-0.2, 0) is 9.53 Å². The van der Waals surface area contributed by atoms with Gasteiger partial charge in [-0.3, -0.25) is 9.69 Å². The molecule has 0 bridgehead atoms. The SMILES string of the molecule is COC(=O)C1CCCN1CC(O)c1c(F)cccc1F. The van der Waals surface area contributed by atoms with Crippen LogP contribution in [0.5, 0.6) is 0 Å². The Bertz CT molecular complexity index is 475. The number of hydrogen-bond donors (Lipinski definition) is 1. The summed E-state index contributed by atoms with van der Waals surface area (Å²) in [5.41, 5.74) is -0.358. The van der Waals surface area contributed by atoms with Crippen molar-refractivity contribution in [1.82, 2.24) is 4.90 Å². The summed E-state index contributed by atoms with van der Waals surface area (Å²) in [6.07, 6.45) is 0.0900. The number of carbonyl (C=O) groups excluding carboxylic acids is 1. The molecule has 1 aliphatic rings. The molecular formula is C14H17F2NO3. The van der Waals surface area contributed by atoms with E-state index in [-0.39, 0.29) is 18.1 Å². The maximum Gasteiger partial charge on any atom is 0.323 e. The molecule has 0 amide bonds. The van der Waals surface area contributed by atoms with E-state index in [1.54, 1.807) is 4.90 Å². The van der Waals surface area contributed by atoms with Crippen molar-refractivity contribution in [2.75, 3.05) is 20.2 Å². The van der Waals surface area contributed by atoms with Crippen LogP contribution in [0.4, 0.5) is 8.78 Å². The molecule has 1 aromatic rings. The van der Waals surface area contributed by atoms with Crippen LogP contribution in [0.1, 0.15) is 24.5 Å². The Morgan fingerprint density at radius 1 is 1.50 bits per heavy atom. The first-order valence-corrected chi connectivity index (χ1v) is 6.48. The number of β-amino-alcohol motifs (C(OH)–C–C–N with tert-alkyl or cyclic N) is 1. The highest BCUT2D eigenvalue weighted by atomic mass is 19.1. The van der Waals surface area contributed by atoms with Gasteiger partial charge in [-0.2, -0.15) is 0 Å². The number of benzene rings is 1. The molecule has 110 valence electrons. The number of ether oxygens (including phenoxy) is 1. The van der Waals surface area contributed by atoms with Crippen LogP contribution in [0.3, 0.4) is 0 Å². The summed E-state index contributed by atoms with van der Waals surface area (Å²) in [7, 11) is 1.30. The van der Waals surface area contributed by atoms with Crippen molar-refractivity contribution < 1.29 is 23.4 Å². The number of esters is 1. The predicted molar refractivity (Wildman–Crippen MR) is 67.9 cm³/mol. The fraction of sp³-hybridized carbons (Fsp3) is 0.500. The summed E-state index contributed by atoms with van der Waals surface area (Å²) in [5, 5.41) is 10.0. The number of aliphatic hydroxyl groups excluding tert-OH is 1. The minimum atomic E-state index is -1.32. The molecule has 1 heterocycles. The van der Waals surface area contributed by atoms with Gasteiger partial charge in [0.2, 0.25) is 0 Å². The second-order valence-corrected chi connectivity index (χ2v) is 4.83. The largest absolute Gasteiger partial charge is 0.468 e. The van der Waals surface area contributed by atoms with Crippen molar-refractivity contribution in [3.05, 3.63) is 35.4 Å². The number of nitrogens with zero attached hydrogens (tertiary/aromatic N) is 1. The summed E-state index contributed by atoms with van der Waals surface area (Å²) < 4.78 is 31.9. The van der Waals surface area contributed by atoms with E-state index < -0.39 is 23.8 Å². The first-order chi connectivity index (χ1) is 9.54. The monoisotopic (exact) mass is 285 g/mol. The van der Waals surface area contributed by atoms with E-state index >= 15 is 0 Å². The zero-order chi connectivity index (χ0) is 14.7. The summed E-state index contributed by atoms with van der Waals surface area (Å²) in [5.74, 6) is -1.96. The van der Waals surface area contributed by atoms with Gasteiger partial charge < -0.3 is 9.84 Å². The van der Waals surface area contributed by atoms with E-state index in [9.17, 15) is 18.7 Å². The van der Waals surface area contributed by atoms with Crippen molar-refractivity contribution in [2.24, 2.45) is 0 Å². The van der Waals surface area contributed by atoms with Crippen LogP contribution in [0.15, 0.2) is 18.2 Å². The highest BCUT2D eigenvalue weighted by Gasteiger charge is 2.33. The third kappa shape index (κ3) is 2.96. The molecule has 0 aromatic heterocycles. The Morgan fingerprint density at radius 3 is 2.75 bits per heavy atom. The number of aliphatic hydroxyl groups is 1. The topological polar surface area (TPSA) is 49.8 Å². The molecule has 0 saturated carbocycles. The number of rotatable bonds is 4. The second-order valence-electron chi connectivity index (χ2n) is 4.83. The smallest absolute Gasteiger partial charge is 0.323 e. The molecule has 0 spiro atoms. The predicted octanol–water partition coefficient (Wildman–Crippen LogP) is 1.64. The molecule has 1 fully saturated rings. The number of likely N-dealkylation sites (tertiary alicyclic amines) is 1. The standard InChI is InChI=1S/C14H17F2NO3/c1-20-14(19)11-6-3-7-17(11)8-12(18)13-9(15)4-2-5-10(13)16/h2,4-5,11-12,18H,3,6-8H2,1H3. The van der Waals surface area contributed by atoms with E-state index in [0.29, 0.717) is 13.0 Å². The molecule has 2 unspecified atom stereocenters. The maximum absolute atomic E-state index is 13.6. The molecule has 2 atom stereocenters. The molecule has 4 nitrogen and oxygen atoms in total. The lowest BCUT2D eigenvalue weighted by Crippen LogP contribution is -2.39. The Labute approximate surface area is 116 Å². The van der Waals surface area contributed by atoms with Gasteiger partial charge in [0.25, 0.3) is 0 Å². The second kappa shape index (κ2) is 6.28. The summed E-state index contributed by atoms with van der Waals surface area (Å²) >= 11 is 0. The third-order valence-electron chi connectivity index (χ3n) is 3.58. The van der Waals surface area contributed by atoms with E-state index in [2.05, 4.69) is 4.74 Å². The first-order valence-electron chi connectivity index (χ1n) is 6.48. The van der Waals surface area contributed by atoms with Crippen LogP contribution in [0.25, 0.3) is 0 Å². The van der Waals surface area contributed by atoms with Gasteiger partial charge in [-0.25, -0.2) is 8.78 Å². The fourth-order valence-electron chi connectivity index (χ4n) is 2.59. The van der Waals surface area contributed by atoms with E-state index in [0.717, 1.165) is 18.6 Å². The Hall–Kier alpha value is -1.53. The van der Waals surface area contributed by atoms with Gasteiger partial charge in [-0.1, -0.05) is 6.07 Å². The minimum absolute atomic E-state index is 0.00236. The Morgan fingerprint density at radius 2 is 2.15 bits per heavy atom. The van der Waals surface area contributed by atoms with Crippen LogP contribution in [0, 0.1) is 11.6 Å². The highest BCUT2D eigenvalue weighted by Crippen LogP contribution is 2.25. The van der Waals surface area contributed by atoms with Crippen LogP contribution in [0.2, 0.25) is 0 Å². The zero-order valence-corrected chi connectivity index (χ0v) is 11.2. The van der Waals surface area contributed by atoms with E-state index in [1.165, 1.54) is 13.2 Å². The van der Waals surface area contributed by atoms with Gasteiger partial charge in [0, 0.05) is 6.54 Å². The van der Waals surface area contributed by atoms with Gasteiger partial charge in [0.05, 0.1) is 18.8 Å². The van der Waals surface area contributed by atoms with Gasteiger partial charge in [-0.15, -0.1) is 0 Å². The maximum atomic E-state index is 13.6. The van der Waals surface area contributed by atoms with Crippen LogP contribution >= 0.6 is 0 Å². The molecule has 20 heavy (non-hydrogen) atoms. The molecule has 1 saturated heterocycles. The molecule has 0 aliphatic carbocycles. The summed E-state index contributed by atoms with van der Waals surface area (Å²) in [6.45, 7) is 0.588. The van der Waals surface area contributed by atoms with Crippen molar-refractivity contribution in [1.29, 1.82) is 0 Å². The van der Waals surface area contributed by atoms with Gasteiger partial charge in [-0.05, 0) is 31.5 Å². The normalized spacial score (nSPS) is 20.9. The number of carbonyl (C=O) groups is 1. The first kappa shape index (κ1) is 14.9. The summed E-state index contributed by atoms with van der Waals surface area (Å²) in [4.78, 5) is 13.3. The third-order valence-corrected chi connectivity index (χ3v) is 3.58. The van der Waals surface area contributed by atoms with E-state index in [4.69, 9.17) is 0 Å². The summed E-state index contributed by atoms with van der Waals surface area (Å²) in [6, 6.07) is 2.99. The van der Waals surface area contributed by atoms with Gasteiger partial charge in [0.15, 0.2) is 0 Å². The zero-order valence-electron chi connectivity index (χ0n) is 11.2. The number of methoxy groups -OCH3 is 1. The lowest BCUT2D eigenvalue weighted by molar-refractivity contribution is -0.146. The van der Waals surface area contributed by atoms with Gasteiger partial charge >= 0.3 is 5.97 Å². The van der Waals surface area contributed by atoms with Crippen LogP contribution in [-0.4, -0.2) is 42.2 Å². The average Bonchev–Trinajstić information content (AvgIpc) is 2.85. The average molecular weight is 285 g/mol. The molecule has 1 aromatic carbocycles. The van der Waals surface area contributed by atoms with Crippen molar-refractivity contribution in [3.63, 3.8) is 0 Å². The highest BCUT2D eigenvalue weighted by molar-refractivity contribution is 5.75. The van der Waals surface area contributed by atoms with Crippen LogP contribution < -0.4 is 0 Å². The van der Waals surface area contributed by atoms with E-state index in [1.807, 2.05) is 0 Å². The quantitative estimate of drug-likeness (QED) is 0.854. The Balaban J connectivity index is 2.11. The fourth-order valence-corrected chi connectivity index (χ4v) is 2.59. The van der Waals surface area contributed by atoms with Crippen molar-refractivity contribution in [3.8, 4) is 0 Å². The molecule has 6 heteroatoms. The molecule has 1 N–H and O–H groups in total. The number of halogens is 2. The van der Waals surface area contributed by atoms with Gasteiger partial charge in [0.1, 0.15) is 17.7 Å². The molecular weight excluding hydrogens is 268 g/mol. The molecule has 2 rings (SSSR count). The van der Waals surface area contributed by atoms with Crippen molar-refractivity contribution >= 4 is 5.97 Å². The Kier molecular flexibility index (Phi) is 4.67. The minimum Gasteiger partial charge on any atom is -0.468 e. The molecule has 1 aliphatic heterocycles. The lowest BCUT2D eigenvalue weighted by atomic mass is 10.1. The number of hydrogen-bond acceptors (Lipinski definition) is 4.